The molecule has 3 aromatic rings. The topological polar surface area (TPSA) is 111 Å². The number of unbranched alkanes of at least 4 members (excludes halogenated alkanes) is 5. The third-order valence-electron chi connectivity index (χ3n) is 5.88. The van der Waals surface area contributed by atoms with Gasteiger partial charge in [-0.2, -0.15) is 0 Å². The summed E-state index contributed by atoms with van der Waals surface area (Å²) in [4.78, 5) is 36.9. The van der Waals surface area contributed by atoms with E-state index in [-0.39, 0.29) is 11.4 Å². The number of rotatable bonds is 14. The van der Waals surface area contributed by atoms with Crippen LogP contribution in [0.2, 0.25) is 0 Å². The summed E-state index contributed by atoms with van der Waals surface area (Å²) in [5, 5.41) is 16.6. The quantitative estimate of drug-likeness (QED) is 0.0869. The van der Waals surface area contributed by atoms with E-state index in [1.165, 1.54) is 50.0 Å². The highest BCUT2D eigenvalue weighted by atomic mass is 79.9. The molecule has 204 valence electrons. The molecular weight excluding hydrogens is 562 g/mol. The number of carbonyl (C=O) groups is 2. The van der Waals surface area contributed by atoms with Crippen molar-refractivity contribution >= 4 is 45.2 Å². The molecule has 3 rings (SSSR count). The van der Waals surface area contributed by atoms with Gasteiger partial charge in [0, 0.05) is 22.3 Å². The van der Waals surface area contributed by atoms with Gasteiger partial charge in [-0.15, -0.1) is 0 Å². The molecule has 0 fully saturated rings. The second-order valence-corrected chi connectivity index (χ2v) is 9.79. The van der Waals surface area contributed by atoms with Gasteiger partial charge in [-0.3, -0.25) is 19.7 Å². The maximum atomic E-state index is 13.2. The molecule has 0 atom stereocenters. The smallest absolute Gasteiger partial charge is 0.272 e. The standard InChI is InChI=1S/C30H32BrN3O5/c1-2-3-4-5-6-9-19-39-25-17-15-23(16-18-25)32-30(36)28(21-22-11-10-12-24(20-22)34(37)38)33-29(35)26-13-7-8-14-27(26)31/h7-8,10-18,20-21H,2-6,9,19H2,1H3,(H,32,36)(H,33,35)/b28-21-. The first-order valence-corrected chi connectivity index (χ1v) is 13.7. The predicted octanol–water partition coefficient (Wildman–Crippen LogP) is 7.51. The van der Waals surface area contributed by atoms with Crippen LogP contribution in [0.5, 0.6) is 5.75 Å². The fourth-order valence-electron chi connectivity index (χ4n) is 3.79. The van der Waals surface area contributed by atoms with Crippen molar-refractivity contribution in [3.8, 4) is 5.75 Å². The maximum Gasteiger partial charge on any atom is 0.272 e. The fraction of sp³-hybridized carbons (Fsp3) is 0.267. The van der Waals surface area contributed by atoms with Crippen LogP contribution in [0.4, 0.5) is 11.4 Å². The van der Waals surface area contributed by atoms with Gasteiger partial charge in [-0.25, -0.2) is 0 Å². The van der Waals surface area contributed by atoms with Crippen molar-refractivity contribution in [3.63, 3.8) is 0 Å². The van der Waals surface area contributed by atoms with E-state index < -0.39 is 16.7 Å². The number of nitro benzene ring substituents is 1. The van der Waals surface area contributed by atoms with E-state index in [1.807, 2.05) is 0 Å². The number of hydrogen-bond acceptors (Lipinski definition) is 5. The van der Waals surface area contributed by atoms with Crippen LogP contribution in [0, 0.1) is 10.1 Å². The number of anilines is 1. The Morgan fingerprint density at radius 1 is 0.949 bits per heavy atom. The molecular formula is C30H32BrN3O5. The first-order valence-electron chi connectivity index (χ1n) is 12.9. The summed E-state index contributed by atoms with van der Waals surface area (Å²) in [6, 6.07) is 19.6. The van der Waals surface area contributed by atoms with E-state index in [1.54, 1.807) is 54.6 Å². The van der Waals surface area contributed by atoms with Crippen molar-refractivity contribution in [1.29, 1.82) is 0 Å². The maximum absolute atomic E-state index is 13.2. The van der Waals surface area contributed by atoms with Gasteiger partial charge in [0.15, 0.2) is 0 Å². The number of benzene rings is 3. The zero-order valence-corrected chi connectivity index (χ0v) is 23.4. The zero-order valence-electron chi connectivity index (χ0n) is 21.8. The Bertz CT molecular complexity index is 1310. The monoisotopic (exact) mass is 593 g/mol. The van der Waals surface area contributed by atoms with Crippen molar-refractivity contribution in [2.45, 2.75) is 45.4 Å². The molecule has 2 N–H and O–H groups in total. The van der Waals surface area contributed by atoms with Crippen LogP contribution in [-0.4, -0.2) is 23.3 Å². The highest BCUT2D eigenvalue weighted by Crippen LogP contribution is 2.20. The number of carbonyl (C=O) groups excluding carboxylic acids is 2. The normalized spacial score (nSPS) is 11.1. The van der Waals surface area contributed by atoms with Gasteiger partial charge in [0.1, 0.15) is 11.4 Å². The van der Waals surface area contributed by atoms with Crippen LogP contribution in [0.3, 0.4) is 0 Å². The van der Waals surface area contributed by atoms with E-state index >= 15 is 0 Å². The number of non-ortho nitro benzene ring substituents is 1. The molecule has 9 heteroatoms. The zero-order chi connectivity index (χ0) is 28.0. The third kappa shape index (κ3) is 9.68. The Kier molecular flexibility index (Phi) is 11.7. The summed E-state index contributed by atoms with van der Waals surface area (Å²) < 4.78 is 6.37. The van der Waals surface area contributed by atoms with Crippen molar-refractivity contribution in [2.75, 3.05) is 11.9 Å². The lowest BCUT2D eigenvalue weighted by molar-refractivity contribution is -0.384. The van der Waals surface area contributed by atoms with Crippen molar-refractivity contribution < 1.29 is 19.2 Å². The molecule has 0 aliphatic heterocycles. The molecule has 0 saturated heterocycles. The molecule has 8 nitrogen and oxygen atoms in total. The summed E-state index contributed by atoms with van der Waals surface area (Å²) in [7, 11) is 0. The Hall–Kier alpha value is -3.98. The van der Waals surface area contributed by atoms with Crippen LogP contribution in [0.15, 0.2) is 83.0 Å². The molecule has 0 bridgehead atoms. The Balaban J connectivity index is 1.70. The van der Waals surface area contributed by atoms with Gasteiger partial charge in [0.05, 0.1) is 17.1 Å². The minimum absolute atomic E-state index is 0.0698. The van der Waals surface area contributed by atoms with Crippen molar-refractivity contribution in [3.05, 3.63) is 104 Å². The molecule has 0 unspecified atom stereocenters. The number of nitrogens with zero attached hydrogens (tertiary/aromatic N) is 1. The molecule has 0 saturated carbocycles. The summed E-state index contributed by atoms with van der Waals surface area (Å²) in [5.41, 5.74) is 1.03. The number of ether oxygens (including phenoxy) is 1. The highest BCUT2D eigenvalue weighted by Gasteiger charge is 2.17. The Morgan fingerprint density at radius 2 is 1.67 bits per heavy atom. The molecule has 0 aliphatic carbocycles. The molecule has 0 heterocycles. The van der Waals surface area contributed by atoms with Crippen molar-refractivity contribution in [1.82, 2.24) is 5.32 Å². The second kappa shape index (κ2) is 15.4. The molecule has 3 aromatic carbocycles. The number of nitrogens with one attached hydrogen (secondary N) is 2. The van der Waals surface area contributed by atoms with E-state index in [0.29, 0.717) is 33.6 Å². The minimum Gasteiger partial charge on any atom is -0.494 e. The molecule has 0 radical (unpaired) electrons. The largest absolute Gasteiger partial charge is 0.494 e. The van der Waals surface area contributed by atoms with Crippen LogP contribution < -0.4 is 15.4 Å². The number of hydrogen-bond donors (Lipinski definition) is 2. The van der Waals surface area contributed by atoms with Crippen LogP contribution >= 0.6 is 15.9 Å². The molecule has 0 aromatic heterocycles. The lowest BCUT2D eigenvalue weighted by Crippen LogP contribution is -2.31. The van der Waals surface area contributed by atoms with Crippen LogP contribution in [0.25, 0.3) is 6.08 Å². The summed E-state index contributed by atoms with van der Waals surface area (Å²) in [5.74, 6) is -0.383. The second-order valence-electron chi connectivity index (χ2n) is 8.94. The SMILES string of the molecule is CCCCCCCCOc1ccc(NC(=O)/C(=C/c2cccc([N+](=O)[O-])c2)NC(=O)c2ccccc2Br)cc1. The number of amides is 2. The summed E-state index contributed by atoms with van der Waals surface area (Å²) in [6.45, 7) is 2.83. The van der Waals surface area contributed by atoms with E-state index in [4.69, 9.17) is 4.74 Å². The van der Waals surface area contributed by atoms with Gasteiger partial charge in [-0.1, -0.05) is 63.3 Å². The van der Waals surface area contributed by atoms with E-state index in [9.17, 15) is 19.7 Å². The van der Waals surface area contributed by atoms with Crippen LogP contribution in [0.1, 0.15) is 61.4 Å². The third-order valence-corrected chi connectivity index (χ3v) is 6.57. The summed E-state index contributed by atoms with van der Waals surface area (Å²) >= 11 is 3.35. The first kappa shape index (κ1) is 29.6. The lowest BCUT2D eigenvalue weighted by atomic mass is 10.1. The predicted molar refractivity (Wildman–Crippen MR) is 157 cm³/mol. The molecule has 0 spiro atoms. The number of nitro groups is 1. The van der Waals surface area contributed by atoms with Gasteiger partial charge in [-0.05, 0) is 70.4 Å². The molecule has 39 heavy (non-hydrogen) atoms. The van der Waals surface area contributed by atoms with Crippen molar-refractivity contribution in [2.24, 2.45) is 0 Å². The Labute approximate surface area is 236 Å². The Morgan fingerprint density at radius 3 is 2.38 bits per heavy atom. The van der Waals surface area contributed by atoms with E-state index in [2.05, 4.69) is 33.5 Å². The van der Waals surface area contributed by atoms with Gasteiger partial charge in [0.2, 0.25) is 0 Å². The van der Waals surface area contributed by atoms with Gasteiger partial charge >= 0.3 is 0 Å². The van der Waals surface area contributed by atoms with Gasteiger partial charge < -0.3 is 15.4 Å². The lowest BCUT2D eigenvalue weighted by Gasteiger charge is -2.13. The fourth-order valence-corrected chi connectivity index (χ4v) is 4.26. The van der Waals surface area contributed by atoms with E-state index in [0.717, 1.165) is 12.8 Å². The first-order chi connectivity index (χ1) is 18.9. The van der Waals surface area contributed by atoms with Crippen LogP contribution in [-0.2, 0) is 4.79 Å². The molecule has 0 aliphatic rings. The van der Waals surface area contributed by atoms with Gasteiger partial charge in [0.25, 0.3) is 17.5 Å². The average molecular weight is 595 g/mol. The average Bonchev–Trinajstić information content (AvgIpc) is 2.93. The minimum atomic E-state index is -0.581. The highest BCUT2D eigenvalue weighted by molar-refractivity contribution is 9.10. The number of halogens is 1. The summed E-state index contributed by atoms with van der Waals surface area (Å²) in [6.07, 6.45) is 8.49. The molecule has 2 amide bonds.